The molecule has 2 rings (SSSR count). The maximum absolute atomic E-state index is 12.1. The first-order valence-corrected chi connectivity index (χ1v) is 6.84. The Hall–Kier alpha value is -1.88. The van der Waals surface area contributed by atoms with Crippen molar-refractivity contribution in [2.45, 2.75) is 38.5 Å². The molecule has 0 aliphatic carbocycles. The Bertz CT molecular complexity index is 487. The van der Waals surface area contributed by atoms with Crippen molar-refractivity contribution in [3.8, 4) is 0 Å². The van der Waals surface area contributed by atoms with Gasteiger partial charge in [-0.3, -0.25) is 9.59 Å². The molecule has 5 nitrogen and oxygen atoms in total. The predicted octanol–water partition coefficient (Wildman–Crippen LogP) is 0.845. The van der Waals surface area contributed by atoms with Crippen LogP contribution in [-0.4, -0.2) is 40.4 Å². The molecule has 1 aliphatic rings. The number of likely N-dealkylation sites (tertiary alicyclic amines) is 1. The van der Waals surface area contributed by atoms with Crippen molar-refractivity contribution in [1.29, 1.82) is 0 Å². The van der Waals surface area contributed by atoms with Crippen LogP contribution in [0.15, 0.2) is 30.3 Å². The van der Waals surface area contributed by atoms with Gasteiger partial charge in [0.2, 0.25) is 5.91 Å². The molecule has 2 unspecified atom stereocenters. The van der Waals surface area contributed by atoms with Crippen LogP contribution in [0.5, 0.6) is 0 Å². The average molecular weight is 276 g/mol. The van der Waals surface area contributed by atoms with Gasteiger partial charge in [0.05, 0.1) is 0 Å². The van der Waals surface area contributed by atoms with Gasteiger partial charge in [0.25, 0.3) is 5.91 Å². The zero-order valence-electron chi connectivity index (χ0n) is 11.7. The van der Waals surface area contributed by atoms with E-state index >= 15 is 0 Å². The van der Waals surface area contributed by atoms with Crippen LogP contribution in [0.2, 0.25) is 0 Å². The van der Waals surface area contributed by atoms with E-state index in [1.165, 1.54) is 0 Å². The lowest BCUT2D eigenvalue weighted by atomic mass is 10.1. The second kappa shape index (κ2) is 6.05. The van der Waals surface area contributed by atoms with Crippen molar-refractivity contribution in [1.82, 2.24) is 10.2 Å². The molecule has 1 saturated heterocycles. The number of rotatable bonds is 4. The molecule has 1 aliphatic heterocycles. The van der Waals surface area contributed by atoms with Crippen molar-refractivity contribution in [2.24, 2.45) is 0 Å². The summed E-state index contributed by atoms with van der Waals surface area (Å²) in [6, 6.07) is 8.30. The van der Waals surface area contributed by atoms with Crippen LogP contribution in [0.25, 0.3) is 0 Å². The summed E-state index contributed by atoms with van der Waals surface area (Å²) >= 11 is 0. The quantitative estimate of drug-likeness (QED) is 0.856. The van der Waals surface area contributed by atoms with Crippen LogP contribution in [0.3, 0.4) is 0 Å². The topological polar surface area (TPSA) is 69.6 Å². The van der Waals surface area contributed by atoms with Gasteiger partial charge in [-0.15, -0.1) is 0 Å². The second-order valence-corrected chi connectivity index (χ2v) is 5.29. The number of carbonyl (C=O) groups is 2. The Kier molecular flexibility index (Phi) is 4.39. The van der Waals surface area contributed by atoms with Crippen LogP contribution >= 0.6 is 0 Å². The molecule has 1 heterocycles. The molecule has 2 amide bonds. The monoisotopic (exact) mass is 276 g/mol. The fraction of sp³-hybridized carbons (Fsp3) is 0.467. The Labute approximate surface area is 118 Å². The number of carbonyl (C=O) groups excluding carboxylic acids is 2. The first kappa shape index (κ1) is 14.5. The lowest BCUT2D eigenvalue weighted by Crippen LogP contribution is -2.44. The molecule has 1 aromatic carbocycles. The molecule has 5 heteroatoms. The highest BCUT2D eigenvalue weighted by molar-refractivity contribution is 5.91. The Morgan fingerprint density at radius 1 is 1.35 bits per heavy atom. The number of aliphatic hydroxyl groups excluding tert-OH is 1. The lowest BCUT2D eigenvalue weighted by Gasteiger charge is -2.21. The van der Waals surface area contributed by atoms with Gasteiger partial charge >= 0.3 is 0 Å². The van der Waals surface area contributed by atoms with Gasteiger partial charge in [0.15, 0.2) is 6.10 Å². The van der Waals surface area contributed by atoms with Gasteiger partial charge in [-0.2, -0.15) is 0 Å². The van der Waals surface area contributed by atoms with Gasteiger partial charge in [-0.1, -0.05) is 30.3 Å². The maximum Gasteiger partial charge on any atom is 0.254 e. The number of nitrogens with one attached hydrogen (secondary N) is 1. The summed E-state index contributed by atoms with van der Waals surface area (Å²) in [5.41, 5.74) is 0.524. The minimum absolute atomic E-state index is 0.0754. The van der Waals surface area contributed by atoms with Gasteiger partial charge in [0, 0.05) is 12.6 Å². The Balaban J connectivity index is 1.97. The number of hydrogen-bond donors (Lipinski definition) is 2. The molecular formula is C15H20N2O3. The third-order valence-corrected chi connectivity index (χ3v) is 3.54. The summed E-state index contributed by atoms with van der Waals surface area (Å²) in [4.78, 5) is 25.8. The van der Waals surface area contributed by atoms with E-state index < -0.39 is 18.1 Å². The van der Waals surface area contributed by atoms with E-state index in [2.05, 4.69) is 5.32 Å². The third kappa shape index (κ3) is 2.99. The van der Waals surface area contributed by atoms with Crippen LogP contribution in [0.4, 0.5) is 0 Å². The van der Waals surface area contributed by atoms with Crippen molar-refractivity contribution < 1.29 is 14.7 Å². The van der Waals surface area contributed by atoms with Crippen molar-refractivity contribution in [3.05, 3.63) is 35.9 Å². The normalized spacial score (nSPS) is 20.3. The van der Waals surface area contributed by atoms with E-state index in [9.17, 15) is 14.7 Å². The molecule has 1 aromatic rings. The number of nitrogens with zero attached hydrogens (tertiary/aromatic N) is 1. The largest absolute Gasteiger partial charge is 0.378 e. The minimum atomic E-state index is -1.24. The molecule has 1 fully saturated rings. The van der Waals surface area contributed by atoms with Crippen molar-refractivity contribution >= 4 is 11.8 Å². The fourth-order valence-corrected chi connectivity index (χ4v) is 2.39. The molecule has 0 bridgehead atoms. The van der Waals surface area contributed by atoms with Gasteiger partial charge in [-0.25, -0.2) is 0 Å². The maximum atomic E-state index is 12.1. The summed E-state index contributed by atoms with van der Waals surface area (Å²) in [6.45, 7) is 4.53. The Morgan fingerprint density at radius 2 is 2.00 bits per heavy atom. The van der Waals surface area contributed by atoms with E-state index in [0.29, 0.717) is 18.5 Å². The fourth-order valence-electron chi connectivity index (χ4n) is 2.39. The number of amides is 2. The highest BCUT2D eigenvalue weighted by Crippen LogP contribution is 2.17. The molecule has 0 radical (unpaired) electrons. The van der Waals surface area contributed by atoms with E-state index in [1.54, 1.807) is 29.2 Å². The van der Waals surface area contributed by atoms with Crippen LogP contribution in [-0.2, 0) is 9.59 Å². The second-order valence-electron chi connectivity index (χ2n) is 5.29. The predicted molar refractivity (Wildman–Crippen MR) is 74.8 cm³/mol. The lowest BCUT2D eigenvalue weighted by molar-refractivity contribution is -0.136. The SMILES string of the molecule is CC(C)N1CCC(NC(=O)C(O)c2ccccc2)C1=O. The van der Waals surface area contributed by atoms with Crippen LogP contribution in [0, 0.1) is 0 Å². The molecule has 0 spiro atoms. The van der Waals surface area contributed by atoms with Crippen molar-refractivity contribution in [2.75, 3.05) is 6.54 Å². The standard InChI is InChI=1S/C15H20N2O3/c1-10(2)17-9-8-12(15(17)20)16-14(19)13(18)11-6-4-3-5-7-11/h3-7,10,12-13,18H,8-9H2,1-2H3,(H,16,19). The number of hydrogen-bond acceptors (Lipinski definition) is 3. The van der Waals surface area contributed by atoms with Crippen LogP contribution < -0.4 is 5.32 Å². The zero-order valence-corrected chi connectivity index (χ0v) is 11.7. The number of aliphatic hydroxyl groups is 1. The highest BCUT2D eigenvalue weighted by Gasteiger charge is 2.35. The third-order valence-electron chi connectivity index (χ3n) is 3.54. The summed E-state index contributed by atoms with van der Waals surface area (Å²) < 4.78 is 0. The van der Waals surface area contributed by atoms with E-state index in [-0.39, 0.29) is 11.9 Å². The van der Waals surface area contributed by atoms with Crippen molar-refractivity contribution in [3.63, 3.8) is 0 Å². The first-order chi connectivity index (χ1) is 9.50. The van der Waals surface area contributed by atoms with Gasteiger partial charge in [0.1, 0.15) is 6.04 Å². The van der Waals surface area contributed by atoms with Crippen LogP contribution in [0.1, 0.15) is 31.9 Å². The average Bonchev–Trinajstić information content (AvgIpc) is 2.80. The molecule has 108 valence electrons. The molecule has 2 atom stereocenters. The molecular weight excluding hydrogens is 256 g/mol. The Morgan fingerprint density at radius 3 is 2.55 bits per heavy atom. The summed E-state index contributed by atoms with van der Waals surface area (Å²) in [5, 5.41) is 12.6. The summed E-state index contributed by atoms with van der Waals surface area (Å²) in [5.74, 6) is -0.603. The first-order valence-electron chi connectivity index (χ1n) is 6.84. The summed E-state index contributed by atoms with van der Waals surface area (Å²) in [6.07, 6.45) is -0.651. The molecule has 0 aromatic heterocycles. The van der Waals surface area contributed by atoms with E-state index in [1.807, 2.05) is 19.9 Å². The van der Waals surface area contributed by atoms with E-state index in [4.69, 9.17) is 0 Å². The molecule has 20 heavy (non-hydrogen) atoms. The molecule has 2 N–H and O–H groups in total. The molecule has 0 saturated carbocycles. The van der Waals surface area contributed by atoms with Gasteiger partial charge in [-0.05, 0) is 25.8 Å². The summed E-state index contributed by atoms with van der Waals surface area (Å²) in [7, 11) is 0. The highest BCUT2D eigenvalue weighted by atomic mass is 16.3. The number of benzene rings is 1. The smallest absolute Gasteiger partial charge is 0.254 e. The van der Waals surface area contributed by atoms with Gasteiger partial charge < -0.3 is 15.3 Å². The minimum Gasteiger partial charge on any atom is -0.378 e. The zero-order chi connectivity index (χ0) is 14.7. The van der Waals surface area contributed by atoms with E-state index in [0.717, 1.165) is 0 Å².